The van der Waals surface area contributed by atoms with Gasteiger partial charge in [0.1, 0.15) is 0 Å². The van der Waals surface area contributed by atoms with Crippen molar-refractivity contribution in [1.82, 2.24) is 4.72 Å². The van der Waals surface area contributed by atoms with Gasteiger partial charge in [-0.3, -0.25) is 0 Å². The molecular weight excluding hydrogens is 316 g/mol. The standard InChI is InChI=1S/C12H17BrN2O2S/c1-8-2-5-10(6-11(8)13)18(16,17)15-7-12(14)9-3-4-9/h2,5-6,9,12,15H,3-4,7,14H2,1H3. The molecule has 18 heavy (non-hydrogen) atoms. The van der Waals surface area contributed by atoms with Crippen molar-refractivity contribution in [3.05, 3.63) is 28.2 Å². The van der Waals surface area contributed by atoms with Crippen LogP contribution in [0.5, 0.6) is 0 Å². The molecular formula is C12H17BrN2O2S. The highest BCUT2D eigenvalue weighted by molar-refractivity contribution is 9.10. The zero-order chi connectivity index (χ0) is 13.3. The van der Waals surface area contributed by atoms with E-state index in [1.54, 1.807) is 18.2 Å². The Hall–Kier alpha value is -0.430. The highest BCUT2D eigenvalue weighted by Crippen LogP contribution is 2.31. The summed E-state index contributed by atoms with van der Waals surface area (Å²) in [5, 5.41) is 0. The minimum atomic E-state index is -3.46. The number of benzene rings is 1. The largest absolute Gasteiger partial charge is 0.326 e. The lowest BCUT2D eigenvalue weighted by molar-refractivity contribution is 0.547. The van der Waals surface area contributed by atoms with Crippen molar-refractivity contribution in [3.8, 4) is 0 Å². The van der Waals surface area contributed by atoms with Gasteiger partial charge in [0.05, 0.1) is 4.90 Å². The van der Waals surface area contributed by atoms with Crippen LogP contribution in [-0.2, 0) is 10.0 Å². The fraction of sp³-hybridized carbons (Fsp3) is 0.500. The molecule has 0 aromatic heterocycles. The predicted octanol–water partition coefficient (Wildman–Crippen LogP) is 1.77. The van der Waals surface area contributed by atoms with Crippen molar-refractivity contribution < 1.29 is 8.42 Å². The number of nitrogens with one attached hydrogen (secondary N) is 1. The number of sulfonamides is 1. The summed E-state index contributed by atoms with van der Waals surface area (Å²) in [6, 6.07) is 4.92. The van der Waals surface area contributed by atoms with E-state index in [1.807, 2.05) is 6.92 Å². The summed E-state index contributed by atoms with van der Waals surface area (Å²) in [6.07, 6.45) is 2.22. The van der Waals surface area contributed by atoms with Crippen molar-refractivity contribution in [2.24, 2.45) is 11.7 Å². The summed E-state index contributed by atoms with van der Waals surface area (Å²) >= 11 is 3.33. The SMILES string of the molecule is Cc1ccc(S(=O)(=O)NCC(N)C2CC2)cc1Br. The zero-order valence-corrected chi connectivity index (χ0v) is 12.6. The number of hydrogen-bond donors (Lipinski definition) is 2. The van der Waals surface area contributed by atoms with Crippen molar-refractivity contribution in [3.63, 3.8) is 0 Å². The van der Waals surface area contributed by atoms with Gasteiger partial charge < -0.3 is 5.73 Å². The first-order chi connectivity index (χ1) is 8.40. The van der Waals surface area contributed by atoms with Crippen LogP contribution in [0, 0.1) is 12.8 Å². The Morgan fingerprint density at radius 2 is 2.17 bits per heavy atom. The Balaban J connectivity index is 2.07. The van der Waals surface area contributed by atoms with Crippen LogP contribution in [0.15, 0.2) is 27.6 Å². The molecule has 1 aliphatic carbocycles. The molecule has 100 valence electrons. The van der Waals surface area contributed by atoms with E-state index < -0.39 is 10.0 Å². The van der Waals surface area contributed by atoms with Crippen LogP contribution in [0.3, 0.4) is 0 Å². The highest BCUT2D eigenvalue weighted by Gasteiger charge is 2.29. The first kappa shape index (κ1) is 14.0. The molecule has 0 bridgehead atoms. The van der Waals surface area contributed by atoms with Gasteiger partial charge in [-0.25, -0.2) is 13.1 Å². The minimum Gasteiger partial charge on any atom is -0.326 e. The molecule has 1 unspecified atom stereocenters. The molecule has 3 N–H and O–H groups in total. The lowest BCUT2D eigenvalue weighted by atomic mass is 10.2. The molecule has 2 rings (SSSR count). The normalized spacial score (nSPS) is 17.7. The molecule has 1 aromatic rings. The van der Waals surface area contributed by atoms with E-state index in [9.17, 15) is 8.42 Å². The number of rotatable bonds is 5. The molecule has 1 aromatic carbocycles. The summed E-state index contributed by atoms with van der Waals surface area (Å²) in [5.74, 6) is 0.484. The fourth-order valence-corrected chi connectivity index (χ4v) is 3.35. The van der Waals surface area contributed by atoms with E-state index in [1.165, 1.54) is 0 Å². The molecule has 0 saturated heterocycles. The van der Waals surface area contributed by atoms with Crippen LogP contribution in [0.2, 0.25) is 0 Å². The Morgan fingerprint density at radius 3 is 2.72 bits per heavy atom. The average molecular weight is 333 g/mol. The van der Waals surface area contributed by atoms with Crippen molar-refractivity contribution in [2.75, 3.05) is 6.54 Å². The lowest BCUT2D eigenvalue weighted by Crippen LogP contribution is -2.38. The van der Waals surface area contributed by atoms with Crippen molar-refractivity contribution in [1.29, 1.82) is 0 Å². The van der Waals surface area contributed by atoms with E-state index in [4.69, 9.17) is 5.73 Å². The molecule has 0 heterocycles. The molecule has 0 spiro atoms. The molecule has 6 heteroatoms. The van der Waals surface area contributed by atoms with Gasteiger partial charge in [-0.1, -0.05) is 22.0 Å². The van der Waals surface area contributed by atoms with Crippen LogP contribution < -0.4 is 10.5 Å². The molecule has 1 saturated carbocycles. The number of nitrogens with two attached hydrogens (primary N) is 1. The molecule has 0 amide bonds. The molecule has 1 aliphatic rings. The van der Waals surface area contributed by atoms with Crippen LogP contribution in [0.4, 0.5) is 0 Å². The van der Waals surface area contributed by atoms with Gasteiger partial charge in [-0.2, -0.15) is 0 Å². The van der Waals surface area contributed by atoms with Gasteiger partial charge >= 0.3 is 0 Å². The molecule has 0 aliphatic heterocycles. The topological polar surface area (TPSA) is 72.2 Å². The van der Waals surface area contributed by atoms with E-state index in [0.717, 1.165) is 22.9 Å². The Kier molecular flexibility index (Phi) is 4.11. The smallest absolute Gasteiger partial charge is 0.240 e. The van der Waals surface area contributed by atoms with Gasteiger partial charge in [0, 0.05) is 17.1 Å². The maximum atomic E-state index is 12.1. The second-order valence-electron chi connectivity index (χ2n) is 4.76. The van der Waals surface area contributed by atoms with Gasteiger partial charge in [-0.15, -0.1) is 0 Å². The van der Waals surface area contributed by atoms with E-state index in [2.05, 4.69) is 20.7 Å². The van der Waals surface area contributed by atoms with Crippen LogP contribution in [0.25, 0.3) is 0 Å². The Bertz CT molecular complexity index is 541. The van der Waals surface area contributed by atoms with E-state index in [-0.39, 0.29) is 10.9 Å². The summed E-state index contributed by atoms with van der Waals surface area (Å²) < 4.78 is 27.5. The summed E-state index contributed by atoms with van der Waals surface area (Å²) in [5.41, 5.74) is 6.89. The second-order valence-corrected chi connectivity index (χ2v) is 7.39. The molecule has 4 nitrogen and oxygen atoms in total. The third-order valence-corrected chi connectivity index (χ3v) is 5.47. The predicted molar refractivity (Wildman–Crippen MR) is 74.8 cm³/mol. The minimum absolute atomic E-state index is 0.0753. The van der Waals surface area contributed by atoms with Crippen LogP contribution in [0.1, 0.15) is 18.4 Å². The lowest BCUT2D eigenvalue weighted by Gasteiger charge is -2.12. The zero-order valence-electron chi connectivity index (χ0n) is 10.2. The summed E-state index contributed by atoms with van der Waals surface area (Å²) in [4.78, 5) is 0.267. The Morgan fingerprint density at radius 1 is 1.50 bits per heavy atom. The number of aryl methyl sites for hydroxylation is 1. The third kappa shape index (κ3) is 3.32. The fourth-order valence-electron chi connectivity index (χ4n) is 1.72. The summed E-state index contributed by atoms with van der Waals surface area (Å²) in [6.45, 7) is 2.22. The van der Waals surface area contributed by atoms with Gasteiger partial charge in [0.25, 0.3) is 0 Å². The third-order valence-electron chi connectivity index (χ3n) is 3.19. The number of hydrogen-bond acceptors (Lipinski definition) is 3. The van der Waals surface area contributed by atoms with Gasteiger partial charge in [0.2, 0.25) is 10.0 Å². The maximum absolute atomic E-state index is 12.1. The van der Waals surface area contributed by atoms with Crippen LogP contribution in [-0.4, -0.2) is 21.0 Å². The first-order valence-electron chi connectivity index (χ1n) is 5.91. The molecule has 1 fully saturated rings. The maximum Gasteiger partial charge on any atom is 0.240 e. The average Bonchev–Trinajstić information content (AvgIpc) is 3.13. The molecule has 0 radical (unpaired) electrons. The van der Waals surface area contributed by atoms with Gasteiger partial charge in [0.15, 0.2) is 0 Å². The Labute approximate surface area is 116 Å². The van der Waals surface area contributed by atoms with E-state index >= 15 is 0 Å². The van der Waals surface area contributed by atoms with E-state index in [0.29, 0.717) is 12.5 Å². The monoisotopic (exact) mass is 332 g/mol. The van der Waals surface area contributed by atoms with Crippen molar-refractivity contribution >= 4 is 26.0 Å². The van der Waals surface area contributed by atoms with Crippen molar-refractivity contribution in [2.45, 2.75) is 30.7 Å². The quantitative estimate of drug-likeness (QED) is 0.863. The number of halogens is 1. The molecule has 1 atom stereocenters. The highest BCUT2D eigenvalue weighted by atomic mass is 79.9. The second kappa shape index (κ2) is 5.28. The van der Waals surface area contributed by atoms with Crippen LogP contribution >= 0.6 is 15.9 Å². The summed E-state index contributed by atoms with van der Waals surface area (Å²) in [7, 11) is -3.46. The van der Waals surface area contributed by atoms with Gasteiger partial charge in [-0.05, 0) is 43.4 Å². The first-order valence-corrected chi connectivity index (χ1v) is 8.19.